The van der Waals surface area contributed by atoms with Crippen molar-refractivity contribution in [2.75, 3.05) is 49.6 Å². The van der Waals surface area contributed by atoms with Crippen LogP contribution in [0.1, 0.15) is 21.5 Å². The van der Waals surface area contributed by atoms with E-state index in [0.717, 1.165) is 43.5 Å². The highest BCUT2D eigenvalue weighted by molar-refractivity contribution is 5.94. The second-order valence-electron chi connectivity index (χ2n) is 6.34. The lowest BCUT2D eigenvalue weighted by Gasteiger charge is -2.27. The first-order chi connectivity index (χ1) is 12.6. The second kappa shape index (κ2) is 8.62. The molecule has 1 aliphatic rings. The van der Waals surface area contributed by atoms with Gasteiger partial charge in [-0.05, 0) is 37.1 Å². The molecule has 2 aromatic rings. The summed E-state index contributed by atoms with van der Waals surface area (Å²) in [5.41, 5.74) is 2.99. The number of nitrogens with zero attached hydrogens (tertiary/aromatic N) is 3. The summed E-state index contributed by atoms with van der Waals surface area (Å²) >= 11 is 0. The van der Waals surface area contributed by atoms with E-state index in [2.05, 4.69) is 25.5 Å². The molecule has 7 nitrogen and oxygen atoms in total. The minimum atomic E-state index is -0.0633. The highest BCUT2D eigenvalue weighted by atomic mass is 16.5. The molecule has 0 aliphatic carbocycles. The Morgan fingerprint density at radius 2 is 1.92 bits per heavy atom. The van der Waals surface area contributed by atoms with Crippen LogP contribution in [-0.2, 0) is 4.74 Å². The summed E-state index contributed by atoms with van der Waals surface area (Å²) in [5.74, 6) is 1.58. The second-order valence-corrected chi connectivity index (χ2v) is 6.34. The minimum absolute atomic E-state index is 0.0633. The molecule has 2 heterocycles. The largest absolute Gasteiger partial charge is 0.378 e. The number of morpholine rings is 1. The minimum Gasteiger partial charge on any atom is -0.378 e. The number of hydrogen-bond acceptors (Lipinski definition) is 6. The van der Waals surface area contributed by atoms with E-state index in [4.69, 9.17) is 4.74 Å². The van der Waals surface area contributed by atoms with E-state index in [1.54, 1.807) is 6.33 Å². The van der Waals surface area contributed by atoms with Crippen molar-refractivity contribution in [3.05, 3.63) is 47.3 Å². The van der Waals surface area contributed by atoms with Crippen molar-refractivity contribution in [3.63, 3.8) is 0 Å². The third-order valence-electron chi connectivity index (χ3n) is 4.47. The number of hydrogen-bond donors (Lipinski definition) is 2. The fourth-order valence-electron chi connectivity index (χ4n) is 2.76. The molecule has 1 aromatic heterocycles. The molecule has 0 unspecified atom stereocenters. The molecule has 0 radical (unpaired) electrons. The van der Waals surface area contributed by atoms with Crippen molar-refractivity contribution in [3.8, 4) is 0 Å². The van der Waals surface area contributed by atoms with Crippen LogP contribution in [0, 0.1) is 13.8 Å². The summed E-state index contributed by atoms with van der Waals surface area (Å²) in [6.45, 7) is 8.26. The van der Waals surface area contributed by atoms with Crippen molar-refractivity contribution in [1.29, 1.82) is 0 Å². The fourth-order valence-corrected chi connectivity index (χ4v) is 2.76. The number of aryl methyl sites for hydroxylation is 2. The van der Waals surface area contributed by atoms with Crippen molar-refractivity contribution in [2.24, 2.45) is 0 Å². The van der Waals surface area contributed by atoms with Crippen LogP contribution in [0.15, 0.2) is 30.6 Å². The molecule has 1 aromatic carbocycles. The molecule has 138 valence electrons. The molecule has 0 saturated carbocycles. The first-order valence-corrected chi connectivity index (χ1v) is 8.87. The predicted molar refractivity (Wildman–Crippen MR) is 102 cm³/mol. The summed E-state index contributed by atoms with van der Waals surface area (Å²) in [6.07, 6.45) is 1.56. The van der Waals surface area contributed by atoms with Crippen molar-refractivity contribution >= 4 is 17.5 Å². The average Bonchev–Trinajstić information content (AvgIpc) is 2.68. The number of carbonyl (C=O) groups excluding carboxylic acids is 1. The highest BCUT2D eigenvalue weighted by Gasteiger charge is 2.13. The number of ether oxygens (including phenoxy) is 1. The maximum atomic E-state index is 12.2. The zero-order valence-corrected chi connectivity index (χ0v) is 15.3. The van der Waals surface area contributed by atoms with Crippen LogP contribution in [0.2, 0.25) is 0 Å². The molecular weight excluding hydrogens is 330 g/mol. The van der Waals surface area contributed by atoms with Crippen LogP contribution in [-0.4, -0.2) is 55.3 Å². The van der Waals surface area contributed by atoms with Gasteiger partial charge in [-0.15, -0.1) is 0 Å². The molecule has 1 saturated heterocycles. The summed E-state index contributed by atoms with van der Waals surface area (Å²) in [4.78, 5) is 22.9. The molecule has 1 fully saturated rings. The zero-order chi connectivity index (χ0) is 18.4. The zero-order valence-electron chi connectivity index (χ0n) is 15.3. The van der Waals surface area contributed by atoms with Crippen molar-refractivity contribution in [2.45, 2.75) is 13.8 Å². The number of aromatic nitrogens is 2. The Balaban J connectivity index is 1.47. The van der Waals surface area contributed by atoms with Gasteiger partial charge in [0, 0.05) is 37.8 Å². The summed E-state index contributed by atoms with van der Waals surface area (Å²) < 4.78 is 5.36. The van der Waals surface area contributed by atoms with Gasteiger partial charge in [-0.2, -0.15) is 0 Å². The van der Waals surface area contributed by atoms with E-state index in [1.807, 2.05) is 38.1 Å². The number of nitrogens with one attached hydrogen (secondary N) is 2. The van der Waals surface area contributed by atoms with E-state index < -0.39 is 0 Å². The standard InChI is InChI=1S/C19H25N5O2/c1-14-3-4-16(11-15(14)2)19(25)21-6-5-20-17-12-18(23-13-22-17)24-7-9-26-10-8-24/h3-4,11-13H,5-10H2,1-2H3,(H,21,25)(H,20,22,23). The van der Waals surface area contributed by atoms with Crippen LogP contribution < -0.4 is 15.5 Å². The Bertz CT molecular complexity index is 759. The molecule has 26 heavy (non-hydrogen) atoms. The lowest BCUT2D eigenvalue weighted by atomic mass is 10.1. The number of anilines is 2. The highest BCUT2D eigenvalue weighted by Crippen LogP contribution is 2.15. The van der Waals surface area contributed by atoms with E-state index in [9.17, 15) is 4.79 Å². The monoisotopic (exact) mass is 355 g/mol. The Morgan fingerprint density at radius 3 is 2.69 bits per heavy atom. The van der Waals surface area contributed by atoms with E-state index in [1.165, 1.54) is 5.56 Å². The normalized spacial score (nSPS) is 14.2. The molecule has 0 atom stereocenters. The van der Waals surface area contributed by atoms with Crippen LogP contribution >= 0.6 is 0 Å². The van der Waals surface area contributed by atoms with Gasteiger partial charge in [-0.3, -0.25) is 4.79 Å². The smallest absolute Gasteiger partial charge is 0.251 e. The maximum absolute atomic E-state index is 12.2. The molecule has 1 aliphatic heterocycles. The van der Waals surface area contributed by atoms with Gasteiger partial charge in [-0.25, -0.2) is 9.97 Å². The molecule has 3 rings (SSSR count). The van der Waals surface area contributed by atoms with Gasteiger partial charge in [0.05, 0.1) is 13.2 Å². The molecule has 0 spiro atoms. The van der Waals surface area contributed by atoms with E-state index in [-0.39, 0.29) is 5.91 Å². The predicted octanol–water partition coefficient (Wildman–Crippen LogP) is 1.77. The van der Waals surface area contributed by atoms with Gasteiger partial charge >= 0.3 is 0 Å². The fraction of sp³-hybridized carbons (Fsp3) is 0.421. The van der Waals surface area contributed by atoms with Crippen LogP contribution in [0.25, 0.3) is 0 Å². The van der Waals surface area contributed by atoms with Crippen molar-refractivity contribution < 1.29 is 9.53 Å². The Morgan fingerprint density at radius 1 is 1.12 bits per heavy atom. The lowest BCUT2D eigenvalue weighted by molar-refractivity contribution is 0.0955. The van der Waals surface area contributed by atoms with Crippen LogP contribution in [0.5, 0.6) is 0 Å². The number of rotatable bonds is 6. The number of amides is 1. The molecular formula is C19H25N5O2. The quantitative estimate of drug-likeness (QED) is 0.769. The molecule has 7 heteroatoms. The van der Waals surface area contributed by atoms with Crippen LogP contribution in [0.3, 0.4) is 0 Å². The molecule has 1 amide bonds. The van der Waals surface area contributed by atoms with E-state index in [0.29, 0.717) is 18.7 Å². The first kappa shape index (κ1) is 18.1. The lowest BCUT2D eigenvalue weighted by Crippen LogP contribution is -2.36. The van der Waals surface area contributed by atoms with Gasteiger partial charge in [-0.1, -0.05) is 6.07 Å². The van der Waals surface area contributed by atoms with Gasteiger partial charge in [0.1, 0.15) is 18.0 Å². The van der Waals surface area contributed by atoms with Gasteiger partial charge in [0.25, 0.3) is 5.91 Å². The third-order valence-corrected chi connectivity index (χ3v) is 4.47. The summed E-state index contributed by atoms with van der Waals surface area (Å²) in [6, 6.07) is 7.66. The SMILES string of the molecule is Cc1ccc(C(=O)NCCNc2cc(N3CCOCC3)ncn2)cc1C. The van der Waals surface area contributed by atoms with Gasteiger partial charge < -0.3 is 20.3 Å². The number of carbonyl (C=O) groups is 1. The molecule has 2 N–H and O–H groups in total. The maximum Gasteiger partial charge on any atom is 0.251 e. The van der Waals surface area contributed by atoms with Crippen LogP contribution in [0.4, 0.5) is 11.6 Å². The third kappa shape index (κ3) is 4.70. The summed E-state index contributed by atoms with van der Waals surface area (Å²) in [7, 11) is 0. The van der Waals surface area contributed by atoms with Gasteiger partial charge in [0.15, 0.2) is 0 Å². The molecule has 0 bridgehead atoms. The Hall–Kier alpha value is -2.67. The number of benzene rings is 1. The first-order valence-electron chi connectivity index (χ1n) is 8.87. The summed E-state index contributed by atoms with van der Waals surface area (Å²) in [5, 5.41) is 6.15. The Labute approximate surface area is 153 Å². The van der Waals surface area contributed by atoms with E-state index >= 15 is 0 Å². The van der Waals surface area contributed by atoms with Crippen molar-refractivity contribution in [1.82, 2.24) is 15.3 Å². The average molecular weight is 355 g/mol. The van der Waals surface area contributed by atoms with Gasteiger partial charge in [0.2, 0.25) is 0 Å². The Kier molecular flexibility index (Phi) is 6.01. The topological polar surface area (TPSA) is 79.4 Å².